The Morgan fingerprint density at radius 1 is 1.38 bits per heavy atom. The number of hydrogen-bond acceptors (Lipinski definition) is 3. The molecule has 0 aliphatic rings. The quantitative estimate of drug-likeness (QED) is 0.773. The molecule has 0 heterocycles. The van der Waals surface area contributed by atoms with Crippen molar-refractivity contribution in [3.63, 3.8) is 0 Å². The van der Waals surface area contributed by atoms with E-state index >= 15 is 0 Å². The first-order valence-corrected chi connectivity index (χ1v) is 5.08. The summed E-state index contributed by atoms with van der Waals surface area (Å²) in [5.41, 5.74) is 2.04. The lowest BCUT2D eigenvalue weighted by Gasteiger charge is -2.12. The van der Waals surface area contributed by atoms with Gasteiger partial charge in [0.25, 0.3) is 0 Å². The minimum atomic E-state index is -0.118. The molecule has 0 aromatic heterocycles. The Morgan fingerprint density at radius 2 is 2.12 bits per heavy atom. The van der Waals surface area contributed by atoms with E-state index in [4.69, 9.17) is 9.84 Å². The second-order valence-corrected chi connectivity index (χ2v) is 3.72. The molecule has 0 aliphatic carbocycles. The van der Waals surface area contributed by atoms with Gasteiger partial charge in [0.05, 0.1) is 7.11 Å². The first-order chi connectivity index (χ1) is 7.67. The maximum atomic E-state index is 8.69. The third-order valence-corrected chi connectivity index (χ3v) is 2.10. The lowest BCUT2D eigenvalue weighted by Crippen LogP contribution is -2.11. The summed E-state index contributed by atoms with van der Waals surface area (Å²) in [6.45, 7) is 0.681. The van der Waals surface area contributed by atoms with Crippen LogP contribution in [0.2, 0.25) is 0 Å². The van der Waals surface area contributed by atoms with E-state index in [0.29, 0.717) is 0 Å². The van der Waals surface area contributed by atoms with E-state index in [1.54, 1.807) is 7.11 Å². The summed E-state index contributed by atoms with van der Waals surface area (Å²) >= 11 is 0. The van der Waals surface area contributed by atoms with Crippen molar-refractivity contribution < 1.29 is 9.84 Å². The molecule has 86 valence electrons. The lowest BCUT2D eigenvalue weighted by atomic mass is 10.1. The smallest absolute Gasteiger partial charge is 0.119 e. The van der Waals surface area contributed by atoms with Crippen LogP contribution in [0.3, 0.4) is 0 Å². The molecule has 0 unspecified atom stereocenters. The molecule has 3 heteroatoms. The summed E-state index contributed by atoms with van der Waals surface area (Å²) in [7, 11) is 5.65. The summed E-state index contributed by atoms with van der Waals surface area (Å²) in [6.07, 6.45) is 0. The van der Waals surface area contributed by atoms with Crippen molar-refractivity contribution in [1.29, 1.82) is 0 Å². The van der Waals surface area contributed by atoms with E-state index in [1.165, 1.54) is 0 Å². The van der Waals surface area contributed by atoms with Crippen LogP contribution in [0, 0.1) is 11.8 Å². The SMILES string of the molecule is COc1ccc(C#CCO)c(CN(C)C)c1. The minimum Gasteiger partial charge on any atom is -0.497 e. The highest BCUT2D eigenvalue weighted by Crippen LogP contribution is 2.18. The van der Waals surface area contributed by atoms with Gasteiger partial charge in [-0.3, -0.25) is 0 Å². The van der Waals surface area contributed by atoms with Crippen LogP contribution >= 0.6 is 0 Å². The number of rotatable bonds is 3. The van der Waals surface area contributed by atoms with Crippen molar-refractivity contribution in [1.82, 2.24) is 4.90 Å². The molecule has 1 aromatic rings. The summed E-state index contributed by atoms with van der Waals surface area (Å²) in [5, 5.41) is 8.69. The average molecular weight is 219 g/mol. The predicted octanol–water partition coefficient (Wildman–Crippen LogP) is 1.10. The van der Waals surface area contributed by atoms with Crippen molar-refractivity contribution in [3.05, 3.63) is 29.3 Å². The third kappa shape index (κ3) is 3.58. The van der Waals surface area contributed by atoms with Crippen LogP contribution in [-0.2, 0) is 6.54 Å². The Balaban J connectivity index is 3.05. The molecule has 0 atom stereocenters. The molecule has 1 N–H and O–H groups in total. The van der Waals surface area contributed by atoms with Gasteiger partial charge in [-0.05, 0) is 37.9 Å². The van der Waals surface area contributed by atoms with Gasteiger partial charge in [-0.2, -0.15) is 0 Å². The Bertz CT molecular complexity index is 402. The van der Waals surface area contributed by atoms with Gasteiger partial charge in [0.1, 0.15) is 12.4 Å². The monoisotopic (exact) mass is 219 g/mol. The van der Waals surface area contributed by atoms with E-state index in [1.807, 2.05) is 32.3 Å². The number of nitrogens with zero attached hydrogens (tertiary/aromatic N) is 1. The molecule has 0 radical (unpaired) electrons. The van der Waals surface area contributed by atoms with Crippen molar-refractivity contribution in [2.75, 3.05) is 27.8 Å². The van der Waals surface area contributed by atoms with Crippen molar-refractivity contribution in [3.8, 4) is 17.6 Å². The van der Waals surface area contributed by atoms with Crippen LogP contribution in [0.25, 0.3) is 0 Å². The average Bonchev–Trinajstić information content (AvgIpc) is 2.26. The van der Waals surface area contributed by atoms with Gasteiger partial charge in [0.15, 0.2) is 0 Å². The molecule has 0 fully saturated rings. The molecule has 16 heavy (non-hydrogen) atoms. The van der Waals surface area contributed by atoms with Crippen molar-refractivity contribution in [2.24, 2.45) is 0 Å². The minimum absolute atomic E-state index is 0.118. The fourth-order valence-electron chi connectivity index (χ4n) is 1.43. The summed E-state index contributed by atoms with van der Waals surface area (Å²) in [4.78, 5) is 2.07. The highest BCUT2D eigenvalue weighted by Gasteiger charge is 2.03. The zero-order valence-corrected chi connectivity index (χ0v) is 9.95. The molecule has 0 saturated carbocycles. The number of benzene rings is 1. The maximum Gasteiger partial charge on any atom is 0.119 e. The fourth-order valence-corrected chi connectivity index (χ4v) is 1.43. The van der Waals surface area contributed by atoms with E-state index in [0.717, 1.165) is 23.4 Å². The number of aliphatic hydroxyl groups excluding tert-OH is 1. The lowest BCUT2D eigenvalue weighted by molar-refractivity contribution is 0.350. The molecule has 0 aliphatic heterocycles. The molecular formula is C13H17NO2. The van der Waals surface area contributed by atoms with Gasteiger partial charge in [0.2, 0.25) is 0 Å². The van der Waals surface area contributed by atoms with E-state index in [-0.39, 0.29) is 6.61 Å². The van der Waals surface area contributed by atoms with Crippen LogP contribution in [0.4, 0.5) is 0 Å². The number of methoxy groups -OCH3 is 1. The summed E-state index contributed by atoms with van der Waals surface area (Å²) in [5.74, 6) is 6.42. The molecule has 0 amide bonds. The van der Waals surface area contributed by atoms with Crippen molar-refractivity contribution in [2.45, 2.75) is 6.54 Å². The molecule has 0 saturated heterocycles. The molecule has 0 spiro atoms. The zero-order valence-electron chi connectivity index (χ0n) is 9.95. The highest BCUT2D eigenvalue weighted by atomic mass is 16.5. The predicted molar refractivity (Wildman–Crippen MR) is 64.3 cm³/mol. The Labute approximate surface area is 96.7 Å². The highest BCUT2D eigenvalue weighted by molar-refractivity contribution is 5.45. The first-order valence-electron chi connectivity index (χ1n) is 5.08. The van der Waals surface area contributed by atoms with Gasteiger partial charge < -0.3 is 14.7 Å². The van der Waals surface area contributed by atoms with Crippen molar-refractivity contribution >= 4 is 0 Å². The van der Waals surface area contributed by atoms with E-state index < -0.39 is 0 Å². The van der Waals surface area contributed by atoms with Gasteiger partial charge in [-0.15, -0.1) is 0 Å². The van der Waals surface area contributed by atoms with Gasteiger partial charge in [-0.1, -0.05) is 11.8 Å². The Hall–Kier alpha value is -1.50. The largest absolute Gasteiger partial charge is 0.497 e. The topological polar surface area (TPSA) is 32.7 Å². The number of aliphatic hydroxyl groups is 1. The van der Waals surface area contributed by atoms with Gasteiger partial charge >= 0.3 is 0 Å². The fraction of sp³-hybridized carbons (Fsp3) is 0.385. The zero-order chi connectivity index (χ0) is 12.0. The molecule has 1 aromatic carbocycles. The van der Waals surface area contributed by atoms with E-state index in [9.17, 15) is 0 Å². The molecule has 3 nitrogen and oxygen atoms in total. The van der Waals surface area contributed by atoms with Crippen LogP contribution in [0.15, 0.2) is 18.2 Å². The summed E-state index contributed by atoms with van der Waals surface area (Å²) in [6, 6.07) is 5.77. The van der Waals surface area contributed by atoms with Crippen LogP contribution in [0.5, 0.6) is 5.75 Å². The van der Waals surface area contributed by atoms with Crippen LogP contribution in [-0.4, -0.2) is 37.8 Å². The second kappa shape index (κ2) is 6.16. The summed E-state index contributed by atoms with van der Waals surface area (Å²) < 4.78 is 5.18. The maximum absolute atomic E-state index is 8.69. The van der Waals surface area contributed by atoms with Crippen LogP contribution < -0.4 is 4.74 Å². The van der Waals surface area contributed by atoms with Gasteiger partial charge in [0, 0.05) is 12.1 Å². The van der Waals surface area contributed by atoms with Gasteiger partial charge in [-0.25, -0.2) is 0 Å². The Kier molecular flexibility index (Phi) is 4.84. The normalized spacial score (nSPS) is 9.81. The number of ether oxygens (including phenoxy) is 1. The van der Waals surface area contributed by atoms with Crippen LogP contribution in [0.1, 0.15) is 11.1 Å². The standard InChI is InChI=1S/C13H17NO2/c1-14(2)10-12-9-13(16-3)7-6-11(12)5-4-8-15/h6-7,9,15H,8,10H2,1-3H3. The molecular weight excluding hydrogens is 202 g/mol. The second-order valence-electron chi connectivity index (χ2n) is 3.72. The number of hydrogen-bond donors (Lipinski definition) is 1. The third-order valence-electron chi connectivity index (χ3n) is 2.10. The Morgan fingerprint density at radius 3 is 2.69 bits per heavy atom. The molecule has 1 rings (SSSR count). The molecule has 0 bridgehead atoms. The van der Waals surface area contributed by atoms with E-state index in [2.05, 4.69) is 16.7 Å². The first kappa shape index (κ1) is 12.6.